The lowest BCUT2D eigenvalue weighted by molar-refractivity contribution is -0.133. The van der Waals surface area contributed by atoms with Crippen LogP contribution in [0.5, 0.6) is 0 Å². The van der Waals surface area contributed by atoms with Gasteiger partial charge in [0, 0.05) is 44.7 Å². The number of nitrogens with one attached hydrogen (secondary N) is 2. The van der Waals surface area contributed by atoms with Crippen molar-refractivity contribution >= 4 is 5.96 Å². The van der Waals surface area contributed by atoms with E-state index in [0.29, 0.717) is 18.7 Å². The third kappa shape index (κ3) is 5.80. The number of ether oxygens (including phenoxy) is 2. The summed E-state index contributed by atoms with van der Waals surface area (Å²) >= 11 is 0. The Bertz CT molecular complexity index is 726. The fourth-order valence-corrected chi connectivity index (χ4v) is 4.97. The quantitative estimate of drug-likeness (QED) is 0.303. The summed E-state index contributed by atoms with van der Waals surface area (Å²) in [5, 5.41) is 15.7. The van der Waals surface area contributed by atoms with Crippen LogP contribution in [0.3, 0.4) is 0 Å². The van der Waals surface area contributed by atoms with E-state index in [-0.39, 0.29) is 5.41 Å². The number of aliphatic imine (C=N–C) groups is 1. The monoisotopic (exact) mass is 449 g/mol. The van der Waals surface area contributed by atoms with Crippen molar-refractivity contribution in [2.75, 3.05) is 46.0 Å². The minimum absolute atomic E-state index is 0.160. The molecule has 9 nitrogen and oxygen atoms in total. The first-order valence-electron chi connectivity index (χ1n) is 12.3. The zero-order valence-electron chi connectivity index (χ0n) is 20.7. The first-order chi connectivity index (χ1) is 15.5. The lowest BCUT2D eigenvalue weighted by Gasteiger charge is -2.55. The van der Waals surface area contributed by atoms with E-state index < -0.39 is 0 Å². The highest BCUT2D eigenvalue weighted by atomic mass is 16.5. The van der Waals surface area contributed by atoms with Gasteiger partial charge in [0.2, 0.25) is 0 Å². The standard InChI is InChI=1S/C23H43N7O2/c1-6-23(7-2)19(16-20(23)32-8-3)26-22(25-17-21-28-27-18(4)29(21)5)24-10-9-11-30-12-14-31-15-13-30/h19-20H,6-17H2,1-5H3,(H2,24,25,26). The van der Waals surface area contributed by atoms with Gasteiger partial charge in [-0.2, -0.15) is 0 Å². The van der Waals surface area contributed by atoms with E-state index in [1.54, 1.807) is 0 Å². The molecule has 2 unspecified atom stereocenters. The van der Waals surface area contributed by atoms with Gasteiger partial charge >= 0.3 is 0 Å². The Morgan fingerprint density at radius 3 is 2.59 bits per heavy atom. The molecule has 3 rings (SSSR count). The van der Waals surface area contributed by atoms with Crippen molar-refractivity contribution < 1.29 is 9.47 Å². The predicted molar refractivity (Wildman–Crippen MR) is 127 cm³/mol. The summed E-state index contributed by atoms with van der Waals surface area (Å²) < 4.78 is 13.5. The highest BCUT2D eigenvalue weighted by Gasteiger charge is 2.53. The van der Waals surface area contributed by atoms with Gasteiger partial charge in [0.15, 0.2) is 11.8 Å². The van der Waals surface area contributed by atoms with E-state index >= 15 is 0 Å². The molecule has 9 heteroatoms. The molecule has 0 amide bonds. The predicted octanol–water partition coefficient (Wildman–Crippen LogP) is 1.86. The molecule has 1 saturated carbocycles. The summed E-state index contributed by atoms with van der Waals surface area (Å²) in [6, 6.07) is 0.362. The molecule has 2 N–H and O–H groups in total. The summed E-state index contributed by atoms with van der Waals surface area (Å²) in [5.74, 6) is 2.63. The highest BCUT2D eigenvalue weighted by Crippen LogP contribution is 2.48. The molecule has 2 fully saturated rings. The lowest BCUT2D eigenvalue weighted by Crippen LogP contribution is -2.65. The van der Waals surface area contributed by atoms with Crippen molar-refractivity contribution in [1.82, 2.24) is 30.3 Å². The molecule has 0 spiro atoms. The normalized spacial score (nSPS) is 23.7. The van der Waals surface area contributed by atoms with E-state index in [1.165, 1.54) is 0 Å². The van der Waals surface area contributed by atoms with E-state index in [0.717, 1.165) is 89.3 Å². The van der Waals surface area contributed by atoms with E-state index in [9.17, 15) is 0 Å². The molecule has 1 aromatic heterocycles. The SMILES string of the molecule is CCOC1CC(NC(=NCc2nnc(C)n2C)NCCCN2CCOCC2)C1(CC)CC. The Morgan fingerprint density at radius 1 is 1.22 bits per heavy atom. The van der Waals surface area contributed by atoms with Crippen molar-refractivity contribution in [3.05, 3.63) is 11.6 Å². The number of aryl methyl sites for hydroxylation is 1. The molecule has 2 aliphatic rings. The van der Waals surface area contributed by atoms with Crippen molar-refractivity contribution in [1.29, 1.82) is 0 Å². The van der Waals surface area contributed by atoms with Crippen LogP contribution in [0.1, 0.15) is 58.1 Å². The van der Waals surface area contributed by atoms with Gasteiger partial charge in [-0.25, -0.2) is 4.99 Å². The van der Waals surface area contributed by atoms with Gasteiger partial charge in [0.1, 0.15) is 12.4 Å². The van der Waals surface area contributed by atoms with Crippen LogP contribution in [0.4, 0.5) is 0 Å². The molecule has 1 aliphatic carbocycles. The molecular weight excluding hydrogens is 406 g/mol. The fourth-order valence-electron chi connectivity index (χ4n) is 4.97. The topological polar surface area (TPSA) is 88.8 Å². The molecule has 0 radical (unpaired) electrons. The summed E-state index contributed by atoms with van der Waals surface area (Å²) in [6.07, 6.45) is 4.61. The molecule has 0 aromatic carbocycles. The lowest BCUT2D eigenvalue weighted by atomic mass is 9.58. The van der Waals surface area contributed by atoms with E-state index in [2.05, 4.69) is 46.5 Å². The summed E-state index contributed by atoms with van der Waals surface area (Å²) in [5.41, 5.74) is 0.160. The number of hydrogen-bond acceptors (Lipinski definition) is 6. The van der Waals surface area contributed by atoms with E-state index in [4.69, 9.17) is 14.5 Å². The van der Waals surface area contributed by atoms with Gasteiger partial charge in [-0.05, 0) is 46.1 Å². The van der Waals surface area contributed by atoms with Crippen molar-refractivity contribution in [2.24, 2.45) is 17.5 Å². The van der Waals surface area contributed by atoms with Crippen LogP contribution < -0.4 is 10.6 Å². The number of rotatable bonds is 11. The second-order valence-electron chi connectivity index (χ2n) is 8.94. The molecule has 0 bridgehead atoms. The van der Waals surface area contributed by atoms with Crippen molar-refractivity contribution in [3.63, 3.8) is 0 Å². The molecule has 182 valence electrons. The average Bonchev–Trinajstić information content (AvgIpc) is 3.12. The first kappa shape index (κ1) is 24.9. The number of morpholine rings is 1. The largest absolute Gasteiger partial charge is 0.379 e. The van der Waals surface area contributed by atoms with Gasteiger partial charge in [-0.1, -0.05) is 13.8 Å². The molecule has 32 heavy (non-hydrogen) atoms. The zero-order valence-corrected chi connectivity index (χ0v) is 20.7. The van der Waals surface area contributed by atoms with Gasteiger partial charge < -0.3 is 24.7 Å². The first-order valence-corrected chi connectivity index (χ1v) is 12.3. The maximum absolute atomic E-state index is 6.06. The van der Waals surface area contributed by atoms with Crippen LogP contribution in [0, 0.1) is 12.3 Å². The van der Waals surface area contributed by atoms with Crippen molar-refractivity contribution in [2.45, 2.75) is 72.1 Å². The number of nitrogens with zero attached hydrogens (tertiary/aromatic N) is 5. The van der Waals surface area contributed by atoms with Gasteiger partial charge in [0.05, 0.1) is 19.3 Å². The smallest absolute Gasteiger partial charge is 0.191 e. The number of aromatic nitrogens is 3. The molecule has 2 heterocycles. The van der Waals surface area contributed by atoms with Crippen LogP contribution in [-0.2, 0) is 23.1 Å². The van der Waals surface area contributed by atoms with E-state index in [1.807, 2.05) is 18.5 Å². The molecule has 2 atom stereocenters. The van der Waals surface area contributed by atoms with Gasteiger partial charge in [-0.3, -0.25) is 4.90 Å². The average molecular weight is 450 g/mol. The highest BCUT2D eigenvalue weighted by molar-refractivity contribution is 5.80. The zero-order chi connectivity index (χ0) is 23.0. The molecular formula is C23H43N7O2. The summed E-state index contributed by atoms with van der Waals surface area (Å²) in [4.78, 5) is 7.34. The summed E-state index contributed by atoms with van der Waals surface area (Å²) in [6.45, 7) is 15.6. The Balaban J connectivity index is 1.61. The summed E-state index contributed by atoms with van der Waals surface area (Å²) in [7, 11) is 1.99. The maximum Gasteiger partial charge on any atom is 0.191 e. The molecule has 1 aliphatic heterocycles. The van der Waals surface area contributed by atoms with Crippen LogP contribution in [0.15, 0.2) is 4.99 Å². The minimum atomic E-state index is 0.160. The minimum Gasteiger partial charge on any atom is -0.379 e. The Morgan fingerprint density at radius 2 is 1.97 bits per heavy atom. The fraction of sp³-hybridized carbons (Fsp3) is 0.870. The van der Waals surface area contributed by atoms with Crippen molar-refractivity contribution in [3.8, 4) is 0 Å². The second kappa shape index (κ2) is 12.0. The third-order valence-electron chi connectivity index (χ3n) is 7.39. The molecule has 1 saturated heterocycles. The van der Waals surface area contributed by atoms with Crippen LogP contribution in [0.25, 0.3) is 0 Å². The van der Waals surface area contributed by atoms with Crippen LogP contribution >= 0.6 is 0 Å². The number of guanidine groups is 1. The third-order valence-corrected chi connectivity index (χ3v) is 7.39. The number of hydrogen-bond donors (Lipinski definition) is 2. The van der Waals surface area contributed by atoms with Gasteiger partial charge in [-0.15, -0.1) is 10.2 Å². The maximum atomic E-state index is 6.06. The second-order valence-corrected chi connectivity index (χ2v) is 8.94. The van der Waals surface area contributed by atoms with Crippen LogP contribution in [0.2, 0.25) is 0 Å². The Kier molecular flexibility index (Phi) is 9.31. The van der Waals surface area contributed by atoms with Gasteiger partial charge in [0.25, 0.3) is 0 Å². The van der Waals surface area contributed by atoms with Crippen LogP contribution in [-0.4, -0.2) is 83.8 Å². The Hall–Kier alpha value is -1.71. The Labute approximate surface area is 193 Å². The molecule has 1 aromatic rings.